The quantitative estimate of drug-likeness (QED) is 0.855. The number of hydrogen-bond acceptors (Lipinski definition) is 5. The van der Waals surface area contributed by atoms with Crippen LogP contribution in [0.3, 0.4) is 0 Å². The smallest absolute Gasteiger partial charge is 0.265 e. The van der Waals surface area contributed by atoms with Crippen molar-refractivity contribution in [3.8, 4) is 0 Å². The van der Waals surface area contributed by atoms with Crippen LogP contribution in [0.1, 0.15) is 57.9 Å². The summed E-state index contributed by atoms with van der Waals surface area (Å²) < 4.78 is 2.27. The summed E-state index contributed by atoms with van der Waals surface area (Å²) in [7, 11) is 0. The van der Waals surface area contributed by atoms with E-state index >= 15 is 0 Å². The lowest BCUT2D eigenvalue weighted by Gasteiger charge is -2.39. The Morgan fingerprint density at radius 1 is 1.29 bits per heavy atom. The minimum atomic E-state index is 0.131. The van der Waals surface area contributed by atoms with Gasteiger partial charge in [0.15, 0.2) is 0 Å². The third-order valence-electron chi connectivity index (χ3n) is 5.18. The summed E-state index contributed by atoms with van der Waals surface area (Å²) in [5.74, 6) is 1.71. The SMILES string of the molecule is Cc1nc(C)c(C(=O)N2CC(Cc3nncn3C3CCCC3)C2)s1. The van der Waals surface area contributed by atoms with Crippen molar-refractivity contribution in [1.82, 2.24) is 24.6 Å². The van der Waals surface area contributed by atoms with Gasteiger partial charge in [-0.2, -0.15) is 0 Å². The fourth-order valence-electron chi connectivity index (χ4n) is 3.90. The lowest BCUT2D eigenvalue weighted by molar-refractivity contribution is 0.0499. The van der Waals surface area contributed by atoms with Gasteiger partial charge in [-0.25, -0.2) is 4.98 Å². The summed E-state index contributed by atoms with van der Waals surface area (Å²) in [6.07, 6.45) is 7.90. The van der Waals surface area contributed by atoms with Gasteiger partial charge in [0, 0.05) is 31.5 Å². The van der Waals surface area contributed by atoms with Crippen LogP contribution in [0.5, 0.6) is 0 Å². The molecule has 0 aromatic carbocycles. The second kappa shape index (κ2) is 6.27. The third-order valence-corrected chi connectivity index (χ3v) is 6.24. The molecule has 128 valence electrons. The number of carbonyl (C=O) groups excluding carboxylic acids is 1. The Kier molecular flexibility index (Phi) is 4.12. The minimum Gasteiger partial charge on any atom is -0.337 e. The van der Waals surface area contributed by atoms with Gasteiger partial charge in [0.05, 0.1) is 10.7 Å². The number of aromatic nitrogens is 4. The molecule has 7 heteroatoms. The van der Waals surface area contributed by atoms with Crippen molar-refractivity contribution < 1.29 is 4.79 Å². The highest BCUT2D eigenvalue weighted by Crippen LogP contribution is 2.31. The molecule has 2 aromatic rings. The van der Waals surface area contributed by atoms with Crippen molar-refractivity contribution >= 4 is 17.2 Å². The Labute approximate surface area is 145 Å². The molecular weight excluding hydrogens is 322 g/mol. The molecule has 0 spiro atoms. The number of aryl methyl sites for hydroxylation is 2. The number of likely N-dealkylation sites (tertiary alicyclic amines) is 1. The lowest BCUT2D eigenvalue weighted by atomic mass is 9.95. The number of thiazole rings is 1. The minimum absolute atomic E-state index is 0.131. The highest BCUT2D eigenvalue weighted by Gasteiger charge is 2.34. The summed E-state index contributed by atoms with van der Waals surface area (Å²) in [6.45, 7) is 5.49. The first-order valence-electron chi connectivity index (χ1n) is 8.73. The Morgan fingerprint density at radius 3 is 2.71 bits per heavy atom. The van der Waals surface area contributed by atoms with Crippen molar-refractivity contribution in [1.29, 1.82) is 0 Å². The Balaban J connectivity index is 1.36. The van der Waals surface area contributed by atoms with E-state index in [1.54, 1.807) is 0 Å². The monoisotopic (exact) mass is 345 g/mol. The average molecular weight is 345 g/mol. The number of hydrogen-bond donors (Lipinski definition) is 0. The van der Waals surface area contributed by atoms with Gasteiger partial charge < -0.3 is 9.47 Å². The van der Waals surface area contributed by atoms with Crippen molar-refractivity contribution in [3.63, 3.8) is 0 Å². The average Bonchev–Trinajstić information content (AvgIpc) is 3.21. The highest BCUT2D eigenvalue weighted by molar-refractivity contribution is 7.13. The van der Waals surface area contributed by atoms with Crippen LogP contribution in [0.2, 0.25) is 0 Å². The first kappa shape index (κ1) is 15.7. The molecule has 4 rings (SSSR count). The Hall–Kier alpha value is -1.76. The van der Waals surface area contributed by atoms with Crippen LogP contribution in [-0.2, 0) is 6.42 Å². The molecule has 1 saturated carbocycles. The van der Waals surface area contributed by atoms with E-state index in [9.17, 15) is 4.79 Å². The molecule has 1 aliphatic carbocycles. The maximum Gasteiger partial charge on any atom is 0.265 e. The molecule has 24 heavy (non-hydrogen) atoms. The Bertz CT molecular complexity index is 740. The largest absolute Gasteiger partial charge is 0.337 e. The van der Waals surface area contributed by atoms with Crippen molar-refractivity contribution in [2.75, 3.05) is 13.1 Å². The van der Waals surface area contributed by atoms with E-state index in [2.05, 4.69) is 19.7 Å². The van der Waals surface area contributed by atoms with E-state index in [1.165, 1.54) is 37.0 Å². The van der Waals surface area contributed by atoms with Crippen LogP contribution < -0.4 is 0 Å². The standard InChI is InChI=1S/C17H23N5OS/c1-11-16(24-12(2)19-11)17(23)21-8-13(9-21)7-15-20-18-10-22(15)14-5-3-4-6-14/h10,13-14H,3-9H2,1-2H3. The molecule has 0 bridgehead atoms. The number of carbonyl (C=O) groups is 1. The first-order chi connectivity index (χ1) is 11.6. The molecule has 6 nitrogen and oxygen atoms in total. The molecule has 2 aromatic heterocycles. The van der Waals surface area contributed by atoms with Gasteiger partial charge in [-0.05, 0) is 26.7 Å². The zero-order valence-electron chi connectivity index (χ0n) is 14.2. The van der Waals surface area contributed by atoms with Crippen molar-refractivity contribution in [3.05, 3.63) is 27.7 Å². The number of rotatable bonds is 4. The van der Waals surface area contributed by atoms with Crippen LogP contribution in [0.25, 0.3) is 0 Å². The molecular formula is C17H23N5OS. The van der Waals surface area contributed by atoms with Crippen molar-refractivity contribution in [2.24, 2.45) is 5.92 Å². The predicted octanol–water partition coefficient (Wildman–Crippen LogP) is 2.78. The zero-order chi connectivity index (χ0) is 16.7. The summed E-state index contributed by atoms with van der Waals surface area (Å²) >= 11 is 1.50. The van der Waals surface area contributed by atoms with E-state index < -0.39 is 0 Å². The fraction of sp³-hybridized carbons (Fsp3) is 0.647. The van der Waals surface area contributed by atoms with Gasteiger partial charge in [-0.3, -0.25) is 4.79 Å². The molecule has 1 aliphatic heterocycles. The van der Waals surface area contributed by atoms with Crippen LogP contribution in [0, 0.1) is 19.8 Å². The fourth-order valence-corrected chi connectivity index (χ4v) is 4.78. The molecule has 0 N–H and O–H groups in total. The maximum atomic E-state index is 12.5. The van der Waals surface area contributed by atoms with Crippen LogP contribution in [0.4, 0.5) is 0 Å². The molecule has 1 saturated heterocycles. The van der Waals surface area contributed by atoms with E-state index in [0.29, 0.717) is 12.0 Å². The number of nitrogens with zero attached hydrogens (tertiary/aromatic N) is 5. The summed E-state index contributed by atoms with van der Waals surface area (Å²) in [6, 6.07) is 0.579. The molecule has 3 heterocycles. The van der Waals surface area contributed by atoms with E-state index in [0.717, 1.165) is 40.9 Å². The first-order valence-corrected chi connectivity index (χ1v) is 9.55. The van der Waals surface area contributed by atoms with Gasteiger partial charge >= 0.3 is 0 Å². The van der Waals surface area contributed by atoms with Crippen LogP contribution >= 0.6 is 11.3 Å². The molecule has 0 atom stereocenters. The molecule has 2 aliphatic rings. The van der Waals surface area contributed by atoms with Gasteiger partial charge in [-0.1, -0.05) is 12.8 Å². The highest BCUT2D eigenvalue weighted by atomic mass is 32.1. The predicted molar refractivity (Wildman–Crippen MR) is 92.2 cm³/mol. The Morgan fingerprint density at radius 2 is 2.04 bits per heavy atom. The summed E-state index contributed by atoms with van der Waals surface area (Å²) in [5.41, 5.74) is 0.854. The van der Waals surface area contributed by atoms with Gasteiger partial charge in [0.25, 0.3) is 5.91 Å². The van der Waals surface area contributed by atoms with Gasteiger partial charge in [0.2, 0.25) is 0 Å². The van der Waals surface area contributed by atoms with E-state index in [4.69, 9.17) is 0 Å². The van der Waals surface area contributed by atoms with Crippen molar-refractivity contribution in [2.45, 2.75) is 52.0 Å². The van der Waals surface area contributed by atoms with Gasteiger partial charge in [-0.15, -0.1) is 21.5 Å². The normalized spacial score (nSPS) is 19.0. The van der Waals surface area contributed by atoms with E-state index in [1.807, 2.05) is 25.1 Å². The molecule has 2 fully saturated rings. The third kappa shape index (κ3) is 2.85. The second-order valence-electron chi connectivity index (χ2n) is 7.02. The van der Waals surface area contributed by atoms with E-state index in [-0.39, 0.29) is 5.91 Å². The molecule has 0 unspecified atom stereocenters. The van der Waals surface area contributed by atoms with Gasteiger partial charge in [0.1, 0.15) is 17.0 Å². The number of amides is 1. The van der Waals surface area contributed by atoms with Crippen LogP contribution in [-0.4, -0.2) is 43.6 Å². The summed E-state index contributed by atoms with van der Waals surface area (Å²) in [4.78, 5) is 19.6. The topological polar surface area (TPSA) is 63.9 Å². The summed E-state index contributed by atoms with van der Waals surface area (Å²) in [5, 5.41) is 9.41. The second-order valence-corrected chi connectivity index (χ2v) is 8.22. The van der Waals surface area contributed by atoms with Crippen LogP contribution in [0.15, 0.2) is 6.33 Å². The molecule has 1 amide bonds. The maximum absolute atomic E-state index is 12.5. The lowest BCUT2D eigenvalue weighted by Crippen LogP contribution is -2.50. The zero-order valence-corrected chi connectivity index (χ0v) is 15.1. The molecule has 0 radical (unpaired) electrons.